The maximum atomic E-state index is 13.0. The summed E-state index contributed by atoms with van der Waals surface area (Å²) in [4.78, 5) is 15.2. The molecule has 1 aliphatic heterocycles. The minimum absolute atomic E-state index is 0.0829. The molecule has 1 amide bonds. The van der Waals surface area contributed by atoms with Crippen molar-refractivity contribution < 1.29 is 9.53 Å². The summed E-state index contributed by atoms with van der Waals surface area (Å²) in [5.41, 5.74) is 5.02. The van der Waals surface area contributed by atoms with Gasteiger partial charge in [-0.25, -0.2) is 0 Å². The van der Waals surface area contributed by atoms with Crippen LogP contribution in [0.15, 0.2) is 65.6 Å². The number of rotatable bonds is 4. The van der Waals surface area contributed by atoms with Crippen molar-refractivity contribution in [2.24, 2.45) is 0 Å². The molecular formula is C23H20N2O2S2. The quantitative estimate of drug-likeness (QED) is 0.412. The van der Waals surface area contributed by atoms with Crippen molar-refractivity contribution in [1.29, 1.82) is 0 Å². The van der Waals surface area contributed by atoms with Crippen LogP contribution in [-0.2, 0) is 4.79 Å². The molecule has 6 heteroatoms. The van der Waals surface area contributed by atoms with Gasteiger partial charge in [-0.3, -0.25) is 9.69 Å². The zero-order valence-corrected chi connectivity index (χ0v) is 18.0. The lowest BCUT2D eigenvalue weighted by Gasteiger charge is -2.13. The number of aromatic nitrogens is 1. The summed E-state index contributed by atoms with van der Waals surface area (Å²) in [6.07, 6.45) is 1.94. The van der Waals surface area contributed by atoms with Gasteiger partial charge in [-0.1, -0.05) is 42.2 Å². The third kappa shape index (κ3) is 3.61. The van der Waals surface area contributed by atoms with Crippen molar-refractivity contribution in [3.8, 4) is 11.4 Å². The van der Waals surface area contributed by atoms with Gasteiger partial charge in [0.2, 0.25) is 0 Å². The lowest BCUT2D eigenvalue weighted by molar-refractivity contribution is -0.113. The molecule has 4 nitrogen and oxygen atoms in total. The average molecular weight is 421 g/mol. The molecule has 1 aliphatic rings. The molecule has 0 radical (unpaired) electrons. The van der Waals surface area contributed by atoms with E-state index < -0.39 is 0 Å². The van der Waals surface area contributed by atoms with Gasteiger partial charge in [0.25, 0.3) is 5.91 Å². The number of carbonyl (C=O) groups excluding carboxylic acids is 1. The monoisotopic (exact) mass is 420 g/mol. The maximum Gasteiger partial charge on any atom is 0.270 e. The first-order valence-electron chi connectivity index (χ1n) is 9.16. The van der Waals surface area contributed by atoms with E-state index in [1.807, 2.05) is 60.7 Å². The molecule has 0 spiro atoms. The van der Waals surface area contributed by atoms with Gasteiger partial charge in [0.05, 0.1) is 17.7 Å². The van der Waals surface area contributed by atoms with Crippen molar-refractivity contribution in [3.05, 3.63) is 82.5 Å². The van der Waals surface area contributed by atoms with E-state index in [-0.39, 0.29) is 5.91 Å². The molecule has 29 heavy (non-hydrogen) atoms. The van der Waals surface area contributed by atoms with E-state index >= 15 is 0 Å². The fourth-order valence-corrected chi connectivity index (χ4v) is 4.76. The summed E-state index contributed by atoms with van der Waals surface area (Å²) in [6, 6.07) is 19.5. The number of methoxy groups -OCH3 is 1. The van der Waals surface area contributed by atoms with Crippen LogP contribution < -0.4 is 9.64 Å². The molecule has 2 heterocycles. The minimum atomic E-state index is -0.0829. The van der Waals surface area contributed by atoms with Crippen LogP contribution in [0.2, 0.25) is 0 Å². The molecule has 1 fully saturated rings. The van der Waals surface area contributed by atoms with E-state index in [0.29, 0.717) is 9.23 Å². The molecule has 3 aromatic rings. The van der Waals surface area contributed by atoms with Gasteiger partial charge >= 0.3 is 0 Å². The Morgan fingerprint density at radius 2 is 1.69 bits per heavy atom. The first-order chi connectivity index (χ1) is 14.0. The van der Waals surface area contributed by atoms with E-state index in [2.05, 4.69) is 24.5 Å². The van der Waals surface area contributed by atoms with Crippen LogP contribution in [0.4, 0.5) is 5.69 Å². The van der Waals surface area contributed by atoms with Crippen LogP contribution in [0.5, 0.6) is 5.75 Å². The van der Waals surface area contributed by atoms with E-state index in [4.69, 9.17) is 17.0 Å². The van der Waals surface area contributed by atoms with Crippen molar-refractivity contribution >= 4 is 46.0 Å². The van der Waals surface area contributed by atoms with Gasteiger partial charge in [-0.05, 0) is 68.0 Å². The fraction of sp³-hybridized carbons (Fsp3) is 0.130. The first kappa shape index (κ1) is 19.5. The molecule has 4 rings (SSSR count). The second kappa shape index (κ2) is 7.89. The first-order valence-corrected chi connectivity index (χ1v) is 10.4. The molecular weight excluding hydrogens is 400 g/mol. The Bertz CT molecular complexity index is 1120. The Hall–Kier alpha value is -2.83. The maximum absolute atomic E-state index is 13.0. The number of nitrogens with zero attached hydrogens (tertiary/aromatic N) is 2. The number of carbonyl (C=O) groups is 1. The standard InChI is InChI=1S/C23H20N2O2S2/c1-15-13-17(16(2)24(15)19-9-11-20(27-3)12-10-19)14-21-22(26)25(23(28)29-21)18-7-5-4-6-8-18/h4-14H,1-3H3/b21-14+. The normalized spacial score (nSPS) is 15.4. The number of para-hydroxylation sites is 1. The predicted octanol–water partition coefficient (Wildman–Crippen LogP) is 5.51. The second-order valence-electron chi connectivity index (χ2n) is 6.71. The largest absolute Gasteiger partial charge is 0.497 e. The highest BCUT2D eigenvalue weighted by atomic mass is 32.2. The molecule has 1 saturated heterocycles. The predicted molar refractivity (Wildman–Crippen MR) is 124 cm³/mol. The lowest BCUT2D eigenvalue weighted by Crippen LogP contribution is -2.27. The Kier molecular flexibility index (Phi) is 5.30. The second-order valence-corrected chi connectivity index (χ2v) is 8.39. The number of benzene rings is 2. The smallest absolute Gasteiger partial charge is 0.270 e. The zero-order valence-electron chi connectivity index (χ0n) is 16.4. The van der Waals surface area contributed by atoms with E-state index in [0.717, 1.165) is 34.1 Å². The third-order valence-electron chi connectivity index (χ3n) is 4.90. The molecule has 0 aliphatic carbocycles. The van der Waals surface area contributed by atoms with Crippen molar-refractivity contribution in [2.45, 2.75) is 13.8 Å². The number of thiocarbonyl (C=S) groups is 1. The Balaban J connectivity index is 1.68. The van der Waals surface area contributed by atoms with Crippen molar-refractivity contribution in [2.75, 3.05) is 12.0 Å². The lowest BCUT2D eigenvalue weighted by atomic mass is 10.2. The van der Waals surface area contributed by atoms with Crippen LogP contribution >= 0.6 is 24.0 Å². The van der Waals surface area contributed by atoms with Crippen LogP contribution in [0, 0.1) is 13.8 Å². The Labute approximate surface area is 179 Å². The number of hydrogen-bond acceptors (Lipinski definition) is 4. The Morgan fingerprint density at radius 3 is 2.34 bits per heavy atom. The fourth-order valence-electron chi connectivity index (χ4n) is 3.47. The van der Waals surface area contributed by atoms with Gasteiger partial charge in [0, 0.05) is 17.1 Å². The molecule has 0 saturated carbocycles. The number of anilines is 1. The van der Waals surface area contributed by atoms with Crippen LogP contribution in [0.25, 0.3) is 11.8 Å². The molecule has 0 bridgehead atoms. The molecule has 146 valence electrons. The summed E-state index contributed by atoms with van der Waals surface area (Å²) in [5.74, 6) is 0.737. The average Bonchev–Trinajstić information content (AvgIpc) is 3.17. The molecule has 0 N–H and O–H groups in total. The molecule has 0 atom stereocenters. The number of amides is 1. The summed E-state index contributed by atoms with van der Waals surface area (Å²) in [5, 5.41) is 0. The highest BCUT2D eigenvalue weighted by Crippen LogP contribution is 2.36. The Morgan fingerprint density at radius 1 is 1.00 bits per heavy atom. The minimum Gasteiger partial charge on any atom is -0.497 e. The van der Waals surface area contributed by atoms with Crippen LogP contribution in [0.1, 0.15) is 17.0 Å². The summed E-state index contributed by atoms with van der Waals surface area (Å²) < 4.78 is 7.97. The summed E-state index contributed by atoms with van der Waals surface area (Å²) in [7, 11) is 1.66. The van der Waals surface area contributed by atoms with E-state index in [9.17, 15) is 4.79 Å². The van der Waals surface area contributed by atoms with Gasteiger partial charge in [-0.2, -0.15) is 0 Å². The van der Waals surface area contributed by atoms with Crippen molar-refractivity contribution in [3.63, 3.8) is 0 Å². The van der Waals surface area contributed by atoms with Crippen LogP contribution in [0.3, 0.4) is 0 Å². The van der Waals surface area contributed by atoms with Gasteiger partial charge in [-0.15, -0.1) is 0 Å². The number of ether oxygens (including phenoxy) is 1. The highest BCUT2D eigenvalue weighted by molar-refractivity contribution is 8.27. The summed E-state index contributed by atoms with van der Waals surface area (Å²) >= 11 is 6.81. The third-order valence-corrected chi connectivity index (χ3v) is 6.20. The zero-order chi connectivity index (χ0) is 20.5. The highest BCUT2D eigenvalue weighted by Gasteiger charge is 2.33. The molecule has 2 aromatic carbocycles. The van der Waals surface area contributed by atoms with E-state index in [1.165, 1.54) is 11.8 Å². The van der Waals surface area contributed by atoms with Gasteiger partial charge in [0.1, 0.15) is 5.75 Å². The van der Waals surface area contributed by atoms with Crippen LogP contribution in [-0.4, -0.2) is 21.9 Å². The SMILES string of the molecule is COc1ccc(-n2c(C)cc(/C=C3/SC(=S)N(c4ccccc4)C3=O)c2C)cc1. The van der Waals surface area contributed by atoms with Crippen molar-refractivity contribution in [1.82, 2.24) is 4.57 Å². The number of thioether (sulfide) groups is 1. The molecule has 0 unspecified atom stereocenters. The number of hydrogen-bond donors (Lipinski definition) is 0. The topological polar surface area (TPSA) is 34.5 Å². The van der Waals surface area contributed by atoms with E-state index in [1.54, 1.807) is 12.0 Å². The number of aryl methyl sites for hydroxylation is 1. The molecule has 1 aromatic heterocycles. The van der Waals surface area contributed by atoms with Gasteiger partial charge < -0.3 is 9.30 Å². The summed E-state index contributed by atoms with van der Waals surface area (Å²) in [6.45, 7) is 4.12. The van der Waals surface area contributed by atoms with Gasteiger partial charge in [0.15, 0.2) is 4.32 Å².